The number of carbonyl (C=O) groups excluding carboxylic acids is 1. The number of carbonyl (C=O) groups is 1. The second-order valence-corrected chi connectivity index (χ2v) is 5.66. The maximum absolute atomic E-state index is 11.9. The monoisotopic (exact) mass is 317 g/mol. The van der Waals surface area contributed by atoms with Crippen molar-refractivity contribution in [1.82, 2.24) is 5.32 Å². The summed E-state index contributed by atoms with van der Waals surface area (Å²) in [6, 6.07) is 13.8. The van der Waals surface area contributed by atoms with Crippen LogP contribution in [-0.4, -0.2) is 45.5 Å². The minimum atomic E-state index is -0.548. The molecule has 0 bridgehead atoms. The molecule has 0 spiro atoms. The average Bonchev–Trinajstić information content (AvgIpc) is 2.58. The number of methoxy groups -OCH3 is 2. The van der Waals surface area contributed by atoms with Crippen molar-refractivity contribution in [2.24, 2.45) is 0 Å². The Labute approximate surface area is 136 Å². The highest BCUT2D eigenvalue weighted by molar-refractivity contribution is 5.84. The summed E-state index contributed by atoms with van der Waals surface area (Å²) in [7, 11) is 3.19. The molecule has 0 aromatic heterocycles. The molecule has 2 aromatic carbocycles. The van der Waals surface area contributed by atoms with Crippen LogP contribution in [0.5, 0.6) is 5.75 Å². The molecule has 0 aliphatic rings. The van der Waals surface area contributed by atoms with E-state index in [0.717, 1.165) is 10.8 Å². The fourth-order valence-corrected chi connectivity index (χ4v) is 2.23. The van der Waals surface area contributed by atoms with E-state index in [1.54, 1.807) is 14.2 Å². The normalized spacial score (nSPS) is 13.5. The summed E-state index contributed by atoms with van der Waals surface area (Å²) in [4.78, 5) is 11.9. The number of benzene rings is 2. The molecule has 5 heteroatoms. The third-order valence-electron chi connectivity index (χ3n) is 3.69. The zero-order chi connectivity index (χ0) is 16.7. The molecular weight excluding hydrogens is 294 g/mol. The Hall–Kier alpha value is -2.11. The maximum atomic E-state index is 11.9. The first-order valence-electron chi connectivity index (χ1n) is 7.49. The van der Waals surface area contributed by atoms with Gasteiger partial charge in [-0.25, -0.2) is 0 Å². The van der Waals surface area contributed by atoms with Gasteiger partial charge >= 0.3 is 0 Å². The van der Waals surface area contributed by atoms with Crippen LogP contribution in [0.3, 0.4) is 0 Å². The van der Waals surface area contributed by atoms with Gasteiger partial charge in [-0.15, -0.1) is 0 Å². The third kappa shape index (κ3) is 4.94. The molecule has 23 heavy (non-hydrogen) atoms. The van der Waals surface area contributed by atoms with Crippen molar-refractivity contribution in [3.05, 3.63) is 42.5 Å². The van der Waals surface area contributed by atoms with Gasteiger partial charge in [0.05, 0.1) is 6.61 Å². The van der Waals surface area contributed by atoms with Gasteiger partial charge in [0.25, 0.3) is 5.91 Å². The Morgan fingerprint density at radius 1 is 1.13 bits per heavy atom. The molecule has 2 aromatic rings. The summed E-state index contributed by atoms with van der Waals surface area (Å²) in [5.41, 5.74) is -0.548. The van der Waals surface area contributed by atoms with Gasteiger partial charge in [-0.2, -0.15) is 0 Å². The quantitative estimate of drug-likeness (QED) is 0.812. The van der Waals surface area contributed by atoms with E-state index in [-0.39, 0.29) is 12.5 Å². The van der Waals surface area contributed by atoms with E-state index < -0.39 is 5.60 Å². The van der Waals surface area contributed by atoms with Crippen LogP contribution < -0.4 is 10.1 Å². The van der Waals surface area contributed by atoms with Crippen LogP contribution in [0.1, 0.15) is 6.92 Å². The molecule has 5 nitrogen and oxygen atoms in total. The van der Waals surface area contributed by atoms with Crippen molar-refractivity contribution in [2.45, 2.75) is 12.5 Å². The summed E-state index contributed by atoms with van der Waals surface area (Å²) < 4.78 is 16.0. The highest BCUT2D eigenvalue weighted by atomic mass is 16.5. The van der Waals surface area contributed by atoms with Gasteiger partial charge in [-0.3, -0.25) is 4.79 Å². The van der Waals surface area contributed by atoms with Gasteiger partial charge in [0, 0.05) is 20.8 Å². The molecular formula is C18H23NO4. The van der Waals surface area contributed by atoms with Gasteiger partial charge in [0.15, 0.2) is 6.61 Å². The van der Waals surface area contributed by atoms with Crippen molar-refractivity contribution in [2.75, 3.05) is 34.0 Å². The smallest absolute Gasteiger partial charge is 0.258 e. The lowest BCUT2D eigenvalue weighted by Gasteiger charge is -2.27. The maximum Gasteiger partial charge on any atom is 0.258 e. The van der Waals surface area contributed by atoms with Gasteiger partial charge in [0.2, 0.25) is 0 Å². The van der Waals surface area contributed by atoms with Crippen LogP contribution in [0, 0.1) is 0 Å². The zero-order valence-electron chi connectivity index (χ0n) is 13.8. The fourth-order valence-electron chi connectivity index (χ4n) is 2.23. The Bertz CT molecular complexity index is 658. The molecule has 1 N–H and O–H groups in total. The molecule has 1 amide bonds. The molecule has 124 valence electrons. The van der Waals surface area contributed by atoms with Crippen molar-refractivity contribution in [3.8, 4) is 5.75 Å². The van der Waals surface area contributed by atoms with Crippen molar-refractivity contribution < 1.29 is 19.0 Å². The first-order valence-corrected chi connectivity index (χ1v) is 7.49. The lowest BCUT2D eigenvalue weighted by atomic mass is 10.1. The first-order chi connectivity index (χ1) is 11.1. The number of nitrogens with one attached hydrogen (secondary N) is 1. The van der Waals surface area contributed by atoms with E-state index in [0.29, 0.717) is 18.9 Å². The predicted octanol–water partition coefficient (Wildman–Crippen LogP) is 2.39. The van der Waals surface area contributed by atoms with Gasteiger partial charge < -0.3 is 19.5 Å². The van der Waals surface area contributed by atoms with Crippen molar-refractivity contribution >= 4 is 16.7 Å². The van der Waals surface area contributed by atoms with Crippen molar-refractivity contribution in [3.63, 3.8) is 0 Å². The minimum Gasteiger partial charge on any atom is -0.484 e. The van der Waals surface area contributed by atoms with E-state index in [1.807, 2.05) is 49.4 Å². The van der Waals surface area contributed by atoms with Crippen LogP contribution in [0.25, 0.3) is 10.8 Å². The fraction of sp³-hybridized carbons (Fsp3) is 0.389. The van der Waals surface area contributed by atoms with Crippen LogP contribution >= 0.6 is 0 Å². The number of hydrogen-bond donors (Lipinski definition) is 1. The van der Waals surface area contributed by atoms with Gasteiger partial charge in [-0.05, 0) is 29.8 Å². The molecule has 0 saturated heterocycles. The summed E-state index contributed by atoms with van der Waals surface area (Å²) >= 11 is 0. The summed E-state index contributed by atoms with van der Waals surface area (Å²) in [6.45, 7) is 2.60. The Morgan fingerprint density at radius 3 is 2.57 bits per heavy atom. The molecule has 0 heterocycles. The van der Waals surface area contributed by atoms with E-state index in [4.69, 9.17) is 14.2 Å². The standard InChI is InChI=1S/C18H23NO4/c1-18(22-3,13-21-2)12-19-17(20)11-23-16-9-8-14-6-4-5-7-15(14)10-16/h4-10H,11-13H2,1-3H3,(H,19,20)/t18-/m0/s1. The minimum absolute atomic E-state index is 0.0366. The topological polar surface area (TPSA) is 56.8 Å². The molecule has 0 saturated carbocycles. The number of amides is 1. The SMILES string of the molecule is COC[C@](C)(CNC(=O)COc1ccc2ccccc2c1)OC. The molecule has 1 atom stereocenters. The molecule has 0 fully saturated rings. The van der Waals surface area contributed by atoms with E-state index in [2.05, 4.69) is 5.32 Å². The van der Waals surface area contributed by atoms with Gasteiger partial charge in [0.1, 0.15) is 11.4 Å². The lowest BCUT2D eigenvalue weighted by Crippen LogP contribution is -2.46. The Balaban J connectivity index is 1.85. The molecule has 0 radical (unpaired) electrons. The van der Waals surface area contributed by atoms with E-state index in [9.17, 15) is 4.79 Å². The van der Waals surface area contributed by atoms with E-state index >= 15 is 0 Å². The second-order valence-electron chi connectivity index (χ2n) is 5.66. The summed E-state index contributed by atoms with van der Waals surface area (Å²) in [6.07, 6.45) is 0. The molecule has 0 aliphatic heterocycles. The highest BCUT2D eigenvalue weighted by Gasteiger charge is 2.24. The molecule has 2 rings (SSSR count). The second kappa shape index (κ2) is 7.94. The van der Waals surface area contributed by atoms with Crippen LogP contribution in [-0.2, 0) is 14.3 Å². The average molecular weight is 317 g/mol. The summed E-state index contributed by atoms with van der Waals surface area (Å²) in [5.74, 6) is 0.475. The zero-order valence-corrected chi connectivity index (χ0v) is 13.8. The summed E-state index contributed by atoms with van der Waals surface area (Å²) in [5, 5.41) is 5.02. The van der Waals surface area contributed by atoms with Gasteiger partial charge in [-0.1, -0.05) is 30.3 Å². The lowest BCUT2D eigenvalue weighted by molar-refractivity contribution is -0.125. The number of rotatable bonds is 8. The molecule has 0 unspecified atom stereocenters. The number of hydrogen-bond acceptors (Lipinski definition) is 4. The highest BCUT2D eigenvalue weighted by Crippen LogP contribution is 2.20. The van der Waals surface area contributed by atoms with Crippen LogP contribution in [0.15, 0.2) is 42.5 Å². The number of ether oxygens (including phenoxy) is 3. The third-order valence-corrected chi connectivity index (χ3v) is 3.69. The molecule has 0 aliphatic carbocycles. The van der Waals surface area contributed by atoms with Crippen molar-refractivity contribution in [1.29, 1.82) is 0 Å². The number of fused-ring (bicyclic) bond motifs is 1. The largest absolute Gasteiger partial charge is 0.484 e. The Morgan fingerprint density at radius 2 is 1.87 bits per heavy atom. The first kappa shape index (κ1) is 17.2. The van der Waals surface area contributed by atoms with Crippen LogP contribution in [0.4, 0.5) is 0 Å². The predicted molar refractivity (Wildman–Crippen MR) is 89.7 cm³/mol. The van der Waals surface area contributed by atoms with Crippen LogP contribution in [0.2, 0.25) is 0 Å². The Kier molecular flexibility index (Phi) is 5.96. The van der Waals surface area contributed by atoms with E-state index in [1.165, 1.54) is 0 Å².